The third-order valence-electron chi connectivity index (χ3n) is 15.0. The van der Waals surface area contributed by atoms with Gasteiger partial charge in [-0.25, -0.2) is 54.9 Å². The number of benzene rings is 8. The smallest absolute Gasteiger partial charge is 0.149 e. The Morgan fingerprint density at radius 1 is 0.514 bits per heavy atom. The van der Waals surface area contributed by atoms with E-state index in [1.54, 1.807) is 48.8 Å². The van der Waals surface area contributed by atoms with Crippen LogP contribution in [0.15, 0.2) is 220 Å². The fraction of sp³-hybridized carbons (Fsp3) is 0.215. The molecule has 105 heavy (non-hydrogen) atoms. The van der Waals surface area contributed by atoms with Crippen molar-refractivity contribution in [3.8, 4) is 39.9 Å². The number of nitrogens with zero attached hydrogens (tertiary/aromatic N) is 7. The van der Waals surface area contributed by atoms with Crippen molar-refractivity contribution >= 4 is 106 Å². The zero-order chi connectivity index (χ0) is 75.5. The molecule has 8 aromatic carbocycles. The molecule has 12 rings (SSSR count). The van der Waals surface area contributed by atoms with Crippen LogP contribution in [0.5, 0.6) is 17.2 Å². The molecule has 2 N–H and O–H groups in total. The number of ether oxygens (including phenoxy) is 3. The van der Waals surface area contributed by atoms with Crippen LogP contribution >= 0.6 is 34.8 Å². The predicted octanol–water partition coefficient (Wildman–Crippen LogP) is 18.7. The van der Waals surface area contributed by atoms with Crippen LogP contribution in [0, 0.1) is 31.3 Å². The first kappa shape index (κ1) is 80.4. The summed E-state index contributed by atoms with van der Waals surface area (Å²) in [6, 6.07) is 54.6. The largest absolute Gasteiger partial charge is 0.487 e. The number of nitrogens with one attached hydrogen (secondary N) is 2. The van der Waals surface area contributed by atoms with Gasteiger partial charge in [-0.05, 0) is 194 Å². The number of aryl methyl sites for hydroxylation is 3. The van der Waals surface area contributed by atoms with Crippen LogP contribution in [0.25, 0.3) is 44.5 Å². The highest BCUT2D eigenvalue weighted by atomic mass is 35.5. The lowest BCUT2D eigenvalue weighted by molar-refractivity contribution is 0.305. The summed E-state index contributed by atoms with van der Waals surface area (Å²) >= 11 is 18.2. The number of anilines is 2. The Kier molecular flexibility index (Phi) is 30.3. The fourth-order valence-corrected chi connectivity index (χ4v) is 11.8. The van der Waals surface area contributed by atoms with Gasteiger partial charge in [0.2, 0.25) is 0 Å². The second-order valence-electron chi connectivity index (χ2n) is 24.1. The van der Waals surface area contributed by atoms with E-state index in [0.717, 1.165) is 102 Å². The Morgan fingerprint density at radius 3 is 1.41 bits per heavy atom. The summed E-state index contributed by atoms with van der Waals surface area (Å²) in [7, 11) is 1.52. The van der Waals surface area contributed by atoms with Crippen molar-refractivity contribution in [3.05, 3.63) is 273 Å². The molecule has 18 nitrogen and oxygen atoms in total. The first-order valence-electron chi connectivity index (χ1n) is 32.8. The first-order chi connectivity index (χ1) is 50.3. The molecule has 0 saturated heterocycles. The molecule has 0 aliphatic rings. The maximum Gasteiger partial charge on any atom is 0.149 e. The zero-order valence-corrected chi connectivity index (χ0v) is 62.9. The molecule has 0 atom stereocenters. The minimum Gasteiger partial charge on any atom is -0.487 e. The minimum absolute atomic E-state index is 0.0224. The van der Waals surface area contributed by atoms with Gasteiger partial charge in [0.25, 0.3) is 0 Å². The third kappa shape index (κ3) is 27.0. The molecule has 0 unspecified atom stereocenters. The molecular weight excluding hydrogens is 1450 g/mol. The van der Waals surface area contributed by atoms with E-state index in [-0.39, 0.29) is 42.1 Å². The van der Waals surface area contributed by atoms with E-state index < -0.39 is 19.7 Å². The topological polar surface area (TPSA) is 226 Å². The molecular formula is C79H79Cl3F3N9O9S2. The molecule has 4 heterocycles. The van der Waals surface area contributed by atoms with Gasteiger partial charge in [-0.15, -0.1) is 0 Å². The normalized spacial score (nSPS) is 11.2. The summed E-state index contributed by atoms with van der Waals surface area (Å²) in [4.78, 5) is 27.1. The van der Waals surface area contributed by atoms with Gasteiger partial charge in [0.15, 0.2) is 0 Å². The highest BCUT2D eigenvalue weighted by molar-refractivity contribution is 7.90. The fourth-order valence-electron chi connectivity index (χ4n) is 9.78. The lowest BCUT2D eigenvalue weighted by Crippen LogP contribution is -2.06. The van der Waals surface area contributed by atoms with Gasteiger partial charge in [-0.3, -0.25) is 4.99 Å². The average molecular weight is 1530 g/mol. The number of fused-ring (bicyclic) bond motifs is 2. The Balaban J connectivity index is 0.000000168. The zero-order valence-electron chi connectivity index (χ0n) is 59.0. The van der Waals surface area contributed by atoms with E-state index in [1.807, 2.05) is 156 Å². The second kappa shape index (κ2) is 39.5. The van der Waals surface area contributed by atoms with Gasteiger partial charge in [0.05, 0.1) is 56.6 Å². The van der Waals surface area contributed by atoms with E-state index in [2.05, 4.69) is 40.6 Å². The van der Waals surface area contributed by atoms with E-state index in [9.17, 15) is 30.0 Å². The summed E-state index contributed by atoms with van der Waals surface area (Å²) in [5.41, 5.74) is 8.78. The van der Waals surface area contributed by atoms with Gasteiger partial charge in [0, 0.05) is 74.8 Å². The Morgan fingerprint density at radius 2 is 0.971 bits per heavy atom. The molecule has 12 aromatic rings. The number of hydrogen-bond donors (Lipinski definition) is 2. The van der Waals surface area contributed by atoms with Crippen LogP contribution in [0.2, 0.25) is 15.1 Å². The molecule has 0 saturated carbocycles. The lowest BCUT2D eigenvalue weighted by Gasteiger charge is -2.09. The summed E-state index contributed by atoms with van der Waals surface area (Å²) in [5.74, 6) is 5.64. The van der Waals surface area contributed by atoms with E-state index in [4.69, 9.17) is 57.8 Å². The maximum atomic E-state index is 13.1. The number of aliphatic imine (C=N–C) groups is 2. The van der Waals surface area contributed by atoms with E-state index in [1.165, 1.54) is 67.8 Å². The molecule has 0 aliphatic heterocycles. The van der Waals surface area contributed by atoms with Gasteiger partial charge in [-0.2, -0.15) is 0 Å². The van der Waals surface area contributed by atoms with Crippen molar-refractivity contribution in [1.29, 1.82) is 0 Å². The Labute approximate surface area is 624 Å². The Bertz CT molecular complexity index is 5070. The molecule has 4 aromatic heterocycles. The summed E-state index contributed by atoms with van der Waals surface area (Å²) in [6.07, 6.45) is 10.9. The van der Waals surface area contributed by atoms with Crippen molar-refractivity contribution in [2.24, 2.45) is 9.98 Å². The van der Waals surface area contributed by atoms with Crippen LogP contribution < -0.4 is 24.8 Å². The van der Waals surface area contributed by atoms with E-state index in [0.29, 0.717) is 63.5 Å². The maximum absolute atomic E-state index is 13.1. The molecule has 0 aliphatic carbocycles. The quantitative estimate of drug-likeness (QED) is 0.0326. The minimum atomic E-state index is -3.01. The molecule has 0 bridgehead atoms. The average Bonchev–Trinajstić information content (AvgIpc) is 1.80. The highest BCUT2D eigenvalue weighted by Gasteiger charge is 2.13. The molecule has 0 fully saturated rings. The molecule has 26 heteroatoms. The van der Waals surface area contributed by atoms with Gasteiger partial charge < -0.3 is 38.6 Å². The van der Waals surface area contributed by atoms with Crippen molar-refractivity contribution in [2.75, 3.05) is 69.4 Å². The monoisotopic (exact) mass is 1520 g/mol. The van der Waals surface area contributed by atoms with Crippen molar-refractivity contribution in [3.63, 3.8) is 0 Å². The van der Waals surface area contributed by atoms with Crippen molar-refractivity contribution < 1.29 is 53.1 Å². The van der Waals surface area contributed by atoms with Crippen LogP contribution in [0.1, 0.15) is 52.2 Å². The number of halogens is 6. The lowest BCUT2D eigenvalue weighted by atomic mass is 10.1. The molecule has 0 amide bonds. The number of hydrogen-bond acceptors (Lipinski definition) is 17. The predicted molar refractivity (Wildman–Crippen MR) is 416 cm³/mol. The number of furan rings is 2. The first-order valence-corrected chi connectivity index (χ1v) is 38.1. The number of unbranched alkanes of at least 4 members (excludes halogenated alkanes) is 1. The molecule has 0 spiro atoms. The van der Waals surface area contributed by atoms with Crippen molar-refractivity contribution in [2.45, 2.75) is 52.9 Å². The van der Waals surface area contributed by atoms with Crippen LogP contribution in [0.3, 0.4) is 0 Å². The number of aromatic nitrogens is 4. The van der Waals surface area contributed by atoms with E-state index >= 15 is 0 Å². The second-order valence-corrected chi connectivity index (χ2v) is 29.8. The number of rotatable bonds is 24. The van der Waals surface area contributed by atoms with Crippen LogP contribution in [-0.4, -0.2) is 113 Å². The van der Waals surface area contributed by atoms with Gasteiger partial charge >= 0.3 is 0 Å². The van der Waals surface area contributed by atoms with Crippen molar-refractivity contribution in [1.82, 2.24) is 24.8 Å². The van der Waals surface area contributed by atoms with Gasteiger partial charge in [0.1, 0.15) is 122 Å². The van der Waals surface area contributed by atoms with Crippen LogP contribution in [-0.2, 0) is 45.9 Å². The van der Waals surface area contributed by atoms with Gasteiger partial charge in [-0.1, -0.05) is 83.3 Å². The SMILES string of the molecule is CN(C)C=Nc1ccc(OCc2cccc(F)c2)c(Cl)c1.CNc1ncnc2ccc(-c3ccc(C=NCCS(C)(=O)=O)o3)cc12.CNc1ncnc2ccc(-c3ccc(CCCCS(C)(=O)=O)o3)cc12.Cc1ccc(OCc2cccc(F)c2)c(Cl)c1.Cc1ccc(OCc2cccc(F)c2)c(Cl)c1. The molecule has 548 valence electrons. The highest BCUT2D eigenvalue weighted by Crippen LogP contribution is 2.33. The summed E-state index contributed by atoms with van der Waals surface area (Å²) in [5, 5.41) is 9.57. The number of sulfone groups is 2. The third-order valence-corrected chi connectivity index (χ3v) is 17.8. The summed E-state index contributed by atoms with van der Waals surface area (Å²) in [6.45, 7) is 5.01. The summed E-state index contributed by atoms with van der Waals surface area (Å²) < 4.78 is 112. The molecule has 0 radical (unpaired) electrons. The van der Waals surface area contributed by atoms with Crippen LogP contribution in [0.4, 0.5) is 30.5 Å². The Hall–Kier alpha value is -10.3. The standard InChI is InChI=1S/C18H21N3O3S.C17H18N4O3S.C16H16ClFN2O.2C14H12ClFO/c1-19-18-15-11-13(6-8-16(15)20-12-21-18)17-9-7-14(24-17)5-3-4-10-25(2,22)23;1-18-17-14-9-12(3-5-15(14)20-11-21-17)16-6-4-13(24-16)10-19-7-8-25(2,22)23;1-20(2)11-19-14-6-7-16(15(17)9-14)21-10-12-4-3-5-13(18)8-12;2*1-10-5-6-14(13(15)7-10)17-9-11-3-2-4-12(16)8-11/h6-9,11-12H,3-5,10H2,1-2H3,(H,19,20,21);3-6,9-11H,7-8H2,1-2H3,(H,18,20,21);3-9,11H,10H2,1-2H3;2*2-8H,9H2,1H3.